The topological polar surface area (TPSA) is 62.3 Å². The molecule has 3 heterocycles. The van der Waals surface area contributed by atoms with Crippen LogP contribution < -0.4 is 0 Å². The number of aromatic nitrogens is 3. The van der Waals surface area contributed by atoms with Gasteiger partial charge in [-0.3, -0.25) is 0 Å². The highest BCUT2D eigenvalue weighted by Gasteiger charge is 2.46. The van der Waals surface area contributed by atoms with Crippen LogP contribution >= 0.6 is 0 Å². The van der Waals surface area contributed by atoms with E-state index in [-0.39, 0.29) is 6.10 Å². The molecule has 114 valence electrons. The lowest BCUT2D eigenvalue weighted by atomic mass is 10.2. The summed E-state index contributed by atoms with van der Waals surface area (Å²) < 4.78 is 19.9. The van der Waals surface area contributed by atoms with Gasteiger partial charge in [0.25, 0.3) is 0 Å². The van der Waals surface area contributed by atoms with Crippen molar-refractivity contribution in [3.63, 3.8) is 0 Å². The third kappa shape index (κ3) is 2.20. The first-order chi connectivity index (χ1) is 10.8. The summed E-state index contributed by atoms with van der Waals surface area (Å²) in [7, 11) is 0. The Morgan fingerprint density at radius 2 is 2.27 bits per heavy atom. The van der Waals surface area contributed by atoms with E-state index in [9.17, 15) is 0 Å². The van der Waals surface area contributed by atoms with Gasteiger partial charge in [0.05, 0.1) is 12.7 Å². The Labute approximate surface area is 127 Å². The van der Waals surface area contributed by atoms with E-state index in [1.54, 1.807) is 11.0 Å². The monoisotopic (exact) mass is 299 g/mol. The van der Waals surface area contributed by atoms with Crippen molar-refractivity contribution in [1.29, 1.82) is 0 Å². The molecular formula is C16H17N3O3. The molecule has 0 saturated carbocycles. The van der Waals surface area contributed by atoms with Crippen molar-refractivity contribution >= 4 is 11.0 Å². The second-order valence-corrected chi connectivity index (χ2v) is 5.45. The molecule has 0 aliphatic carbocycles. The zero-order chi connectivity index (χ0) is 15.0. The fraction of sp³-hybridized carbons (Fsp3) is 0.375. The Morgan fingerprint density at radius 3 is 3.00 bits per heavy atom. The number of hydrogen-bond acceptors (Lipinski definition) is 5. The quantitative estimate of drug-likeness (QED) is 0.741. The summed E-state index contributed by atoms with van der Waals surface area (Å²) in [6, 6.07) is 9.86. The van der Waals surface area contributed by atoms with Gasteiger partial charge in [-0.15, -0.1) is 0 Å². The van der Waals surface area contributed by atoms with E-state index in [2.05, 4.69) is 17.0 Å². The number of ether oxygens (including phenoxy) is 2. The highest BCUT2D eigenvalue weighted by Crippen LogP contribution is 2.39. The Morgan fingerprint density at radius 1 is 1.36 bits per heavy atom. The molecule has 2 aromatic heterocycles. The van der Waals surface area contributed by atoms with Gasteiger partial charge in [-0.1, -0.05) is 25.1 Å². The predicted octanol–water partition coefficient (Wildman–Crippen LogP) is 2.70. The molecule has 1 aliphatic rings. The van der Waals surface area contributed by atoms with Crippen LogP contribution in [-0.4, -0.2) is 27.5 Å². The number of benzene rings is 1. The summed E-state index contributed by atoms with van der Waals surface area (Å²) in [6.45, 7) is 3.03. The van der Waals surface area contributed by atoms with Gasteiger partial charge < -0.3 is 13.9 Å². The summed E-state index contributed by atoms with van der Waals surface area (Å²) in [4.78, 5) is 3.98. The van der Waals surface area contributed by atoms with Crippen LogP contribution in [0.3, 0.4) is 0 Å². The maximum atomic E-state index is 6.18. The smallest absolute Gasteiger partial charge is 0.249 e. The number of rotatable bonds is 4. The number of furan rings is 1. The molecule has 6 heteroatoms. The Bertz CT molecular complexity index is 735. The molecule has 3 aromatic rings. The van der Waals surface area contributed by atoms with E-state index in [0.717, 1.165) is 17.4 Å². The van der Waals surface area contributed by atoms with Gasteiger partial charge in [-0.05, 0) is 18.6 Å². The number of fused-ring (bicyclic) bond motifs is 1. The van der Waals surface area contributed by atoms with Crippen molar-refractivity contribution in [2.75, 3.05) is 6.61 Å². The number of nitrogens with zero attached hydrogens (tertiary/aromatic N) is 3. The Kier molecular flexibility index (Phi) is 3.20. The zero-order valence-corrected chi connectivity index (χ0v) is 12.3. The molecule has 4 rings (SSSR count). The number of para-hydroxylation sites is 1. The molecular weight excluding hydrogens is 282 g/mol. The summed E-state index contributed by atoms with van der Waals surface area (Å²) in [6.07, 6.45) is 4.09. The van der Waals surface area contributed by atoms with Crippen molar-refractivity contribution in [3.05, 3.63) is 48.7 Å². The van der Waals surface area contributed by atoms with Gasteiger partial charge in [0.15, 0.2) is 5.76 Å². The fourth-order valence-electron chi connectivity index (χ4n) is 2.75. The highest BCUT2D eigenvalue weighted by atomic mass is 16.8. The summed E-state index contributed by atoms with van der Waals surface area (Å²) in [5.41, 5.74) is 0.822. The van der Waals surface area contributed by atoms with Gasteiger partial charge >= 0.3 is 0 Å². The van der Waals surface area contributed by atoms with Crippen molar-refractivity contribution in [2.45, 2.75) is 31.8 Å². The summed E-state index contributed by atoms with van der Waals surface area (Å²) in [5, 5.41) is 5.19. The second-order valence-electron chi connectivity index (χ2n) is 5.45. The molecule has 6 nitrogen and oxygen atoms in total. The summed E-state index contributed by atoms with van der Waals surface area (Å²) in [5.74, 6) is -0.284. The van der Waals surface area contributed by atoms with Crippen LogP contribution in [0.1, 0.15) is 19.1 Å². The van der Waals surface area contributed by atoms with E-state index in [1.807, 2.05) is 30.3 Å². The van der Waals surface area contributed by atoms with Gasteiger partial charge in [0.2, 0.25) is 5.79 Å². The molecule has 1 saturated heterocycles. The highest BCUT2D eigenvalue weighted by molar-refractivity contribution is 5.77. The molecule has 1 fully saturated rings. The third-order valence-corrected chi connectivity index (χ3v) is 3.95. The molecule has 0 radical (unpaired) electrons. The maximum absolute atomic E-state index is 6.18. The standard InChI is InChI=1S/C16H17N3O3/c1-2-13-8-20-16(22-13,9-19-11-17-10-18-19)15-7-12-5-3-4-6-14(12)21-15/h3-7,10-11,13H,2,8-9H2,1H3/t13-,16-/m1/s1. The molecule has 1 aromatic carbocycles. The minimum absolute atomic E-state index is 0.0525. The third-order valence-electron chi connectivity index (χ3n) is 3.95. The van der Waals surface area contributed by atoms with Crippen LogP contribution in [0.4, 0.5) is 0 Å². The average molecular weight is 299 g/mol. The van der Waals surface area contributed by atoms with E-state index >= 15 is 0 Å². The minimum atomic E-state index is -0.951. The van der Waals surface area contributed by atoms with E-state index in [4.69, 9.17) is 13.9 Å². The first kappa shape index (κ1) is 13.5. The number of hydrogen-bond donors (Lipinski definition) is 0. The van der Waals surface area contributed by atoms with Crippen molar-refractivity contribution in [3.8, 4) is 0 Å². The van der Waals surface area contributed by atoms with Crippen LogP contribution in [0.2, 0.25) is 0 Å². The molecule has 0 amide bonds. The van der Waals surface area contributed by atoms with Gasteiger partial charge in [-0.25, -0.2) is 9.67 Å². The average Bonchev–Trinajstić information content (AvgIpc) is 3.26. The predicted molar refractivity (Wildman–Crippen MR) is 79.0 cm³/mol. The van der Waals surface area contributed by atoms with Crippen LogP contribution in [0.25, 0.3) is 11.0 Å². The lowest BCUT2D eigenvalue weighted by Crippen LogP contribution is -2.33. The maximum Gasteiger partial charge on any atom is 0.249 e. The van der Waals surface area contributed by atoms with Crippen molar-refractivity contribution in [1.82, 2.24) is 14.8 Å². The normalized spacial score (nSPS) is 25.0. The van der Waals surface area contributed by atoms with E-state index < -0.39 is 5.79 Å². The van der Waals surface area contributed by atoms with Crippen LogP contribution in [-0.2, 0) is 21.8 Å². The zero-order valence-electron chi connectivity index (χ0n) is 12.3. The van der Waals surface area contributed by atoms with E-state index in [1.165, 1.54) is 6.33 Å². The van der Waals surface area contributed by atoms with Crippen LogP contribution in [0, 0.1) is 0 Å². The van der Waals surface area contributed by atoms with Crippen molar-refractivity contribution in [2.24, 2.45) is 0 Å². The van der Waals surface area contributed by atoms with Gasteiger partial charge in [0.1, 0.15) is 24.8 Å². The SMILES string of the molecule is CC[C@@H]1CO[C@@](Cn2cncn2)(c2cc3ccccc3o2)O1. The lowest BCUT2D eigenvalue weighted by Gasteiger charge is -2.25. The Hall–Kier alpha value is -2.18. The minimum Gasteiger partial charge on any atom is -0.455 e. The Balaban J connectivity index is 1.76. The first-order valence-corrected chi connectivity index (χ1v) is 7.42. The van der Waals surface area contributed by atoms with Crippen LogP contribution in [0.15, 0.2) is 47.4 Å². The molecule has 2 atom stereocenters. The molecule has 1 aliphatic heterocycles. The van der Waals surface area contributed by atoms with E-state index in [0.29, 0.717) is 18.9 Å². The summed E-state index contributed by atoms with van der Waals surface area (Å²) >= 11 is 0. The van der Waals surface area contributed by atoms with Gasteiger partial charge in [0, 0.05) is 5.39 Å². The molecule has 0 N–H and O–H groups in total. The first-order valence-electron chi connectivity index (χ1n) is 7.42. The fourth-order valence-corrected chi connectivity index (χ4v) is 2.75. The molecule has 0 unspecified atom stereocenters. The van der Waals surface area contributed by atoms with Gasteiger partial charge in [-0.2, -0.15) is 5.10 Å². The van der Waals surface area contributed by atoms with Crippen molar-refractivity contribution < 1.29 is 13.9 Å². The largest absolute Gasteiger partial charge is 0.455 e. The lowest BCUT2D eigenvalue weighted by molar-refractivity contribution is -0.199. The molecule has 0 spiro atoms. The molecule has 22 heavy (non-hydrogen) atoms. The second kappa shape index (κ2) is 5.23. The molecule has 0 bridgehead atoms. The van der Waals surface area contributed by atoms with Crippen LogP contribution in [0.5, 0.6) is 0 Å².